The van der Waals surface area contributed by atoms with E-state index in [1.807, 2.05) is 71.1 Å². The monoisotopic (exact) mass is 444 g/mol. The lowest BCUT2D eigenvalue weighted by molar-refractivity contribution is -0.133. The number of nitrogens with one attached hydrogen (secondary N) is 1. The molecule has 0 bridgehead atoms. The molecule has 0 aliphatic heterocycles. The Labute approximate surface area is 195 Å². The lowest BCUT2D eigenvalue weighted by Crippen LogP contribution is -2.40. The maximum atomic E-state index is 13.1. The van der Waals surface area contributed by atoms with E-state index in [-0.39, 0.29) is 18.4 Å². The molecule has 4 rings (SSSR count). The van der Waals surface area contributed by atoms with Crippen LogP contribution in [0.25, 0.3) is 17.1 Å². The summed E-state index contributed by atoms with van der Waals surface area (Å²) in [5, 5.41) is 2.93. The number of hydrogen-bond donors (Lipinski definition) is 1. The minimum absolute atomic E-state index is 0.112. The number of carbonyl (C=O) groups is 2. The first-order chi connectivity index (χ1) is 16.1. The smallest absolute Gasteiger partial charge is 0.244 e. The normalized spacial score (nSPS) is 14.6. The van der Waals surface area contributed by atoms with Gasteiger partial charge in [-0.15, -0.1) is 0 Å². The van der Waals surface area contributed by atoms with Crippen LogP contribution in [0, 0.1) is 0 Å². The Hall–Kier alpha value is -3.41. The minimum Gasteiger partial charge on any atom is -0.352 e. The maximum Gasteiger partial charge on any atom is 0.244 e. The van der Waals surface area contributed by atoms with Gasteiger partial charge in [0.2, 0.25) is 11.8 Å². The number of aromatic nitrogens is 2. The zero-order valence-electron chi connectivity index (χ0n) is 19.2. The van der Waals surface area contributed by atoms with Crippen molar-refractivity contribution in [3.8, 4) is 0 Å². The highest BCUT2D eigenvalue weighted by atomic mass is 16.2. The highest BCUT2D eigenvalue weighted by Gasteiger charge is 2.23. The van der Waals surface area contributed by atoms with E-state index >= 15 is 0 Å². The molecule has 0 atom stereocenters. The Balaban J connectivity index is 1.41. The van der Waals surface area contributed by atoms with Crippen molar-refractivity contribution in [2.75, 3.05) is 13.6 Å². The fraction of sp³-hybridized carbons (Fsp3) is 0.370. The second-order valence-corrected chi connectivity index (χ2v) is 8.68. The molecular formula is C27H32N4O2. The first-order valence-electron chi connectivity index (χ1n) is 11.8. The van der Waals surface area contributed by atoms with Gasteiger partial charge in [0.15, 0.2) is 0 Å². The van der Waals surface area contributed by atoms with Gasteiger partial charge in [-0.3, -0.25) is 9.59 Å². The van der Waals surface area contributed by atoms with Crippen LogP contribution in [-0.2, 0) is 22.6 Å². The molecule has 0 radical (unpaired) electrons. The molecule has 0 saturated heterocycles. The number of rotatable bonds is 8. The van der Waals surface area contributed by atoms with Gasteiger partial charge in [-0.2, -0.15) is 0 Å². The van der Waals surface area contributed by atoms with Crippen molar-refractivity contribution >= 4 is 28.9 Å². The number of likely N-dealkylation sites (N-methyl/N-ethyl adjacent to an activating group) is 1. The Kier molecular flexibility index (Phi) is 7.55. The Morgan fingerprint density at radius 3 is 2.58 bits per heavy atom. The van der Waals surface area contributed by atoms with Gasteiger partial charge in [0, 0.05) is 32.1 Å². The zero-order chi connectivity index (χ0) is 23.0. The van der Waals surface area contributed by atoms with E-state index in [2.05, 4.69) is 5.32 Å². The predicted octanol–water partition coefficient (Wildman–Crippen LogP) is 4.20. The van der Waals surface area contributed by atoms with E-state index in [1.165, 1.54) is 19.3 Å². The number of hydrogen-bond acceptors (Lipinski definition) is 3. The van der Waals surface area contributed by atoms with Crippen molar-refractivity contribution in [3.05, 3.63) is 72.1 Å². The molecule has 0 spiro atoms. The van der Waals surface area contributed by atoms with Gasteiger partial charge in [-0.25, -0.2) is 4.98 Å². The van der Waals surface area contributed by atoms with Crippen LogP contribution in [0.15, 0.2) is 60.7 Å². The van der Waals surface area contributed by atoms with Crippen molar-refractivity contribution in [1.29, 1.82) is 0 Å². The summed E-state index contributed by atoms with van der Waals surface area (Å²) in [5.74, 6) is 0.782. The van der Waals surface area contributed by atoms with Crippen LogP contribution in [-0.4, -0.2) is 45.9 Å². The number of imidazole rings is 1. The average molecular weight is 445 g/mol. The molecule has 2 amide bonds. The average Bonchev–Trinajstić information content (AvgIpc) is 3.20. The quantitative estimate of drug-likeness (QED) is 0.530. The third-order valence-corrected chi connectivity index (χ3v) is 6.42. The van der Waals surface area contributed by atoms with Gasteiger partial charge in [-0.1, -0.05) is 61.7 Å². The minimum atomic E-state index is -0.144. The molecule has 1 aliphatic rings. The number of para-hydroxylation sites is 2. The second-order valence-electron chi connectivity index (χ2n) is 8.68. The summed E-state index contributed by atoms with van der Waals surface area (Å²) >= 11 is 0. The first-order valence-corrected chi connectivity index (χ1v) is 11.8. The topological polar surface area (TPSA) is 67.2 Å². The summed E-state index contributed by atoms with van der Waals surface area (Å²) in [6.07, 6.45) is 9.72. The lowest BCUT2D eigenvalue weighted by Gasteiger charge is -2.31. The van der Waals surface area contributed by atoms with Crippen molar-refractivity contribution in [1.82, 2.24) is 19.8 Å². The Morgan fingerprint density at radius 2 is 1.79 bits per heavy atom. The first kappa shape index (κ1) is 22.8. The van der Waals surface area contributed by atoms with Gasteiger partial charge < -0.3 is 14.8 Å². The largest absolute Gasteiger partial charge is 0.352 e. The van der Waals surface area contributed by atoms with Crippen LogP contribution in [0.3, 0.4) is 0 Å². The van der Waals surface area contributed by atoms with Crippen LogP contribution in [0.4, 0.5) is 0 Å². The van der Waals surface area contributed by atoms with E-state index in [1.54, 1.807) is 12.2 Å². The molecule has 1 saturated carbocycles. The van der Waals surface area contributed by atoms with Gasteiger partial charge in [-0.05, 0) is 36.6 Å². The van der Waals surface area contributed by atoms with Crippen molar-refractivity contribution in [2.45, 2.75) is 51.1 Å². The number of benzene rings is 2. The van der Waals surface area contributed by atoms with Crippen LogP contribution < -0.4 is 5.32 Å². The summed E-state index contributed by atoms with van der Waals surface area (Å²) in [6.45, 7) is 0.721. The third-order valence-electron chi connectivity index (χ3n) is 6.42. The van der Waals surface area contributed by atoms with Crippen LogP contribution in [0.2, 0.25) is 0 Å². The van der Waals surface area contributed by atoms with Gasteiger partial charge in [0.1, 0.15) is 12.4 Å². The van der Waals surface area contributed by atoms with Crippen molar-refractivity contribution < 1.29 is 9.59 Å². The molecule has 6 heteroatoms. The second kappa shape index (κ2) is 10.9. The highest BCUT2D eigenvalue weighted by Crippen LogP contribution is 2.23. The molecule has 6 nitrogen and oxygen atoms in total. The number of carbonyl (C=O) groups excluding carboxylic acids is 2. The summed E-state index contributed by atoms with van der Waals surface area (Å²) < 4.78 is 2.00. The van der Waals surface area contributed by atoms with Crippen LogP contribution >= 0.6 is 0 Å². The van der Waals surface area contributed by atoms with Gasteiger partial charge in [0.05, 0.1) is 11.0 Å². The molecule has 1 N–H and O–H groups in total. The molecule has 172 valence electrons. The zero-order valence-corrected chi connectivity index (χ0v) is 19.2. The predicted molar refractivity (Wildman–Crippen MR) is 132 cm³/mol. The van der Waals surface area contributed by atoms with Crippen LogP contribution in [0.5, 0.6) is 0 Å². The van der Waals surface area contributed by atoms with Gasteiger partial charge >= 0.3 is 0 Å². The highest BCUT2D eigenvalue weighted by molar-refractivity contribution is 5.91. The molecule has 0 unspecified atom stereocenters. The Bertz CT molecular complexity index is 1110. The Morgan fingerprint density at radius 1 is 1.06 bits per heavy atom. The molecule has 1 heterocycles. The van der Waals surface area contributed by atoms with E-state index in [0.717, 1.165) is 35.3 Å². The summed E-state index contributed by atoms with van der Waals surface area (Å²) in [6, 6.07) is 17.9. The standard InChI is InChI=1S/C27H32N4O2/c1-30(22-12-6-3-7-13-22)27(33)20-31-24-15-9-8-14-23(24)29-25(31)18-19-28-26(32)17-16-21-10-4-2-5-11-21/h2,4-5,8-11,14-17,22H,3,6-7,12-13,18-20H2,1H3,(H,28,32)/b17-16+. The molecule has 2 aromatic carbocycles. The van der Waals surface area contributed by atoms with Crippen molar-refractivity contribution in [3.63, 3.8) is 0 Å². The molecular weight excluding hydrogens is 412 g/mol. The van der Waals surface area contributed by atoms with E-state index in [9.17, 15) is 9.59 Å². The van der Waals surface area contributed by atoms with E-state index < -0.39 is 0 Å². The van der Waals surface area contributed by atoms with E-state index in [0.29, 0.717) is 19.0 Å². The fourth-order valence-electron chi connectivity index (χ4n) is 4.50. The van der Waals surface area contributed by atoms with Gasteiger partial charge in [0.25, 0.3) is 0 Å². The molecule has 3 aromatic rings. The molecule has 33 heavy (non-hydrogen) atoms. The summed E-state index contributed by atoms with van der Waals surface area (Å²) in [7, 11) is 1.93. The molecule has 1 aromatic heterocycles. The third kappa shape index (κ3) is 5.89. The van der Waals surface area contributed by atoms with Crippen LogP contribution in [0.1, 0.15) is 43.5 Å². The lowest BCUT2D eigenvalue weighted by atomic mass is 9.94. The fourth-order valence-corrected chi connectivity index (χ4v) is 4.50. The number of nitrogens with zero attached hydrogens (tertiary/aromatic N) is 3. The molecule has 1 aliphatic carbocycles. The van der Waals surface area contributed by atoms with Crippen molar-refractivity contribution in [2.24, 2.45) is 0 Å². The molecule has 1 fully saturated rings. The SMILES string of the molecule is CN(C(=O)Cn1c(CCNC(=O)/C=C/c2ccccc2)nc2ccccc21)C1CCCCC1. The summed E-state index contributed by atoms with van der Waals surface area (Å²) in [5.41, 5.74) is 2.80. The number of amides is 2. The summed E-state index contributed by atoms with van der Waals surface area (Å²) in [4.78, 5) is 32.0. The maximum absolute atomic E-state index is 13.1. The van der Waals surface area contributed by atoms with E-state index in [4.69, 9.17) is 4.98 Å². The number of fused-ring (bicyclic) bond motifs is 1.